The summed E-state index contributed by atoms with van der Waals surface area (Å²) in [6.45, 7) is 2.41. The van der Waals surface area contributed by atoms with Crippen LogP contribution in [0, 0.1) is 0 Å². The third-order valence-electron chi connectivity index (χ3n) is 0.969. The van der Waals surface area contributed by atoms with Gasteiger partial charge >= 0.3 is 0 Å². The fraction of sp³-hybridized carbons (Fsp3) is 0.571. The molecule has 0 aliphatic carbocycles. The van der Waals surface area contributed by atoms with Gasteiger partial charge in [-0.15, -0.1) is 0 Å². The van der Waals surface area contributed by atoms with Gasteiger partial charge < -0.3 is 11.1 Å². The molecule has 0 rings (SSSR count). The first-order chi connectivity index (χ1) is 4.81. The molecule has 0 spiro atoms. The van der Waals surface area contributed by atoms with Crippen molar-refractivity contribution in [3.05, 3.63) is 12.3 Å². The van der Waals surface area contributed by atoms with Gasteiger partial charge in [-0.25, -0.2) is 0 Å². The van der Waals surface area contributed by atoms with Gasteiger partial charge in [0.25, 0.3) is 0 Å². The van der Waals surface area contributed by atoms with Gasteiger partial charge in [0.1, 0.15) is 0 Å². The third kappa shape index (κ3) is 5.31. The highest BCUT2D eigenvalue weighted by atomic mass is 16.1. The van der Waals surface area contributed by atoms with Crippen molar-refractivity contribution in [2.24, 2.45) is 5.73 Å². The Kier molecular flexibility index (Phi) is 5.77. The summed E-state index contributed by atoms with van der Waals surface area (Å²) in [5.41, 5.74) is 5.15. The number of carbonyl (C=O) groups excluding carboxylic acids is 1. The molecule has 1 amide bonds. The van der Waals surface area contributed by atoms with Gasteiger partial charge in [-0.1, -0.05) is 13.0 Å². The molecule has 0 saturated carbocycles. The number of allylic oxidation sites excluding steroid dienone is 1. The third-order valence-corrected chi connectivity index (χ3v) is 0.969. The van der Waals surface area contributed by atoms with Gasteiger partial charge in [0.05, 0.1) is 0 Å². The van der Waals surface area contributed by atoms with Gasteiger partial charge in [-0.05, 0) is 12.6 Å². The van der Waals surface area contributed by atoms with Crippen LogP contribution in [0.4, 0.5) is 0 Å². The number of amides is 1. The lowest BCUT2D eigenvalue weighted by molar-refractivity contribution is -0.119. The van der Waals surface area contributed by atoms with Crippen LogP contribution in [0.2, 0.25) is 0 Å². The zero-order valence-electron chi connectivity index (χ0n) is 6.26. The lowest BCUT2D eigenvalue weighted by atomic mass is 10.4. The van der Waals surface area contributed by atoms with E-state index < -0.39 is 0 Å². The van der Waals surface area contributed by atoms with E-state index in [1.165, 1.54) is 0 Å². The predicted octanol–water partition coefficient (Wildman–Crippen LogP) is 0.375. The fourth-order valence-corrected chi connectivity index (χ4v) is 0.473. The number of carbonyl (C=O) groups is 1. The zero-order chi connectivity index (χ0) is 7.82. The van der Waals surface area contributed by atoms with Crippen molar-refractivity contribution in [1.82, 2.24) is 5.32 Å². The summed E-state index contributed by atoms with van der Waals surface area (Å²) in [4.78, 5) is 10.7. The largest absolute Gasteiger partial charge is 0.333 e. The molecule has 0 saturated heterocycles. The summed E-state index contributed by atoms with van der Waals surface area (Å²) in [5.74, 6) is -0.0211. The number of rotatable bonds is 4. The molecule has 3 nitrogen and oxygen atoms in total. The topological polar surface area (TPSA) is 55.1 Å². The summed E-state index contributed by atoms with van der Waals surface area (Å²) in [6.07, 6.45) is 4.86. The summed E-state index contributed by atoms with van der Waals surface area (Å²) >= 11 is 0. The van der Waals surface area contributed by atoms with Crippen molar-refractivity contribution in [1.29, 1.82) is 0 Å². The van der Waals surface area contributed by atoms with E-state index in [4.69, 9.17) is 5.73 Å². The quantitative estimate of drug-likeness (QED) is 0.596. The second-order valence-electron chi connectivity index (χ2n) is 1.92. The van der Waals surface area contributed by atoms with Crippen molar-refractivity contribution in [3.63, 3.8) is 0 Å². The maximum absolute atomic E-state index is 10.7. The molecule has 0 aliphatic rings. The minimum absolute atomic E-state index is 0.0211. The maximum Gasteiger partial charge on any atom is 0.225 e. The molecule has 0 heterocycles. The smallest absolute Gasteiger partial charge is 0.225 e. The first-order valence-corrected chi connectivity index (χ1v) is 3.45. The molecule has 0 fully saturated rings. The standard InChI is InChI=1S/C7H14N2O/c1-2-3-6-9-7(10)4-5-8/h3,6H,2,4-5,8H2,1H3,(H,9,10)/b6-3+. The van der Waals surface area contributed by atoms with Crippen LogP contribution in [-0.2, 0) is 4.79 Å². The summed E-state index contributed by atoms with van der Waals surface area (Å²) in [7, 11) is 0. The van der Waals surface area contributed by atoms with E-state index in [0.29, 0.717) is 13.0 Å². The molecule has 3 N–H and O–H groups in total. The van der Waals surface area contributed by atoms with Crippen molar-refractivity contribution >= 4 is 5.91 Å². The van der Waals surface area contributed by atoms with E-state index in [0.717, 1.165) is 6.42 Å². The minimum atomic E-state index is -0.0211. The number of nitrogens with two attached hydrogens (primary N) is 1. The van der Waals surface area contributed by atoms with Gasteiger partial charge in [-0.2, -0.15) is 0 Å². The van der Waals surface area contributed by atoms with E-state index in [-0.39, 0.29) is 5.91 Å². The molecule has 0 radical (unpaired) electrons. The molecule has 0 aliphatic heterocycles. The molecule has 0 aromatic rings. The van der Waals surface area contributed by atoms with Crippen LogP contribution in [0.1, 0.15) is 19.8 Å². The van der Waals surface area contributed by atoms with Crippen LogP contribution in [-0.4, -0.2) is 12.5 Å². The van der Waals surface area contributed by atoms with Gasteiger partial charge in [0, 0.05) is 13.0 Å². The molecule has 0 bridgehead atoms. The van der Waals surface area contributed by atoms with E-state index in [9.17, 15) is 4.79 Å². The first kappa shape index (κ1) is 9.17. The lowest BCUT2D eigenvalue weighted by Gasteiger charge is -1.94. The monoisotopic (exact) mass is 142 g/mol. The minimum Gasteiger partial charge on any atom is -0.333 e. The Hall–Kier alpha value is -0.830. The van der Waals surface area contributed by atoms with E-state index >= 15 is 0 Å². The Morgan fingerprint density at radius 2 is 2.40 bits per heavy atom. The lowest BCUT2D eigenvalue weighted by Crippen LogP contribution is -2.20. The second-order valence-corrected chi connectivity index (χ2v) is 1.92. The molecule has 0 aromatic heterocycles. The molecule has 58 valence electrons. The Balaban J connectivity index is 3.30. The van der Waals surface area contributed by atoms with Crippen LogP contribution in [0.3, 0.4) is 0 Å². The summed E-state index contributed by atoms with van der Waals surface area (Å²) in [6, 6.07) is 0. The Morgan fingerprint density at radius 1 is 1.70 bits per heavy atom. The van der Waals surface area contributed by atoms with Crippen LogP contribution >= 0.6 is 0 Å². The van der Waals surface area contributed by atoms with Crippen molar-refractivity contribution in [2.75, 3.05) is 6.54 Å². The molecule has 3 heteroatoms. The van der Waals surface area contributed by atoms with E-state index in [1.807, 2.05) is 13.0 Å². The van der Waals surface area contributed by atoms with E-state index in [1.54, 1.807) is 6.20 Å². The average Bonchev–Trinajstić information content (AvgIpc) is 1.89. The predicted molar refractivity (Wildman–Crippen MR) is 41.2 cm³/mol. The molecule has 0 aromatic carbocycles. The van der Waals surface area contributed by atoms with Gasteiger partial charge in [-0.3, -0.25) is 4.79 Å². The van der Waals surface area contributed by atoms with Crippen molar-refractivity contribution in [3.8, 4) is 0 Å². The highest BCUT2D eigenvalue weighted by molar-refractivity contribution is 5.76. The zero-order valence-corrected chi connectivity index (χ0v) is 6.26. The average molecular weight is 142 g/mol. The molecule has 0 atom stereocenters. The van der Waals surface area contributed by atoms with Crippen LogP contribution in [0.25, 0.3) is 0 Å². The van der Waals surface area contributed by atoms with Crippen molar-refractivity contribution in [2.45, 2.75) is 19.8 Å². The molecule has 0 unspecified atom stereocenters. The molecule has 10 heavy (non-hydrogen) atoms. The van der Waals surface area contributed by atoms with Crippen molar-refractivity contribution < 1.29 is 4.79 Å². The Labute approximate surface area is 61.3 Å². The Morgan fingerprint density at radius 3 is 2.90 bits per heavy atom. The number of hydrogen-bond donors (Lipinski definition) is 2. The SMILES string of the molecule is CC/C=C/NC(=O)CCN. The normalized spacial score (nSPS) is 10.2. The number of nitrogens with one attached hydrogen (secondary N) is 1. The van der Waals surface area contributed by atoms with E-state index in [2.05, 4.69) is 5.32 Å². The summed E-state index contributed by atoms with van der Waals surface area (Å²) < 4.78 is 0. The van der Waals surface area contributed by atoms with Crippen LogP contribution < -0.4 is 11.1 Å². The molecular weight excluding hydrogens is 128 g/mol. The first-order valence-electron chi connectivity index (χ1n) is 3.45. The summed E-state index contributed by atoms with van der Waals surface area (Å²) in [5, 5.41) is 2.58. The van der Waals surface area contributed by atoms with Gasteiger partial charge in [0.15, 0.2) is 0 Å². The highest BCUT2D eigenvalue weighted by Crippen LogP contribution is 1.78. The maximum atomic E-state index is 10.7. The highest BCUT2D eigenvalue weighted by Gasteiger charge is 1.92. The Bertz CT molecular complexity index is 121. The van der Waals surface area contributed by atoms with Gasteiger partial charge in [0.2, 0.25) is 5.91 Å². The number of hydrogen-bond acceptors (Lipinski definition) is 2. The van der Waals surface area contributed by atoms with Crippen LogP contribution in [0.5, 0.6) is 0 Å². The molecular formula is C7H14N2O. The second kappa shape index (κ2) is 6.29. The van der Waals surface area contributed by atoms with Crippen LogP contribution in [0.15, 0.2) is 12.3 Å². The fourth-order valence-electron chi connectivity index (χ4n) is 0.473.